The van der Waals surface area contributed by atoms with Gasteiger partial charge in [-0.2, -0.15) is 0 Å². The van der Waals surface area contributed by atoms with Crippen LogP contribution in [-0.2, 0) is 0 Å². The molecule has 1 atom stereocenters. The van der Waals surface area contributed by atoms with Gasteiger partial charge in [0.1, 0.15) is 0 Å². The number of nitrogen functional groups attached to an aromatic ring is 1. The fraction of sp³-hybridized carbons (Fsp3) is 0.562. The minimum absolute atomic E-state index is 0.000863. The van der Waals surface area contributed by atoms with E-state index < -0.39 is 0 Å². The van der Waals surface area contributed by atoms with E-state index in [1.165, 1.54) is 0 Å². The van der Waals surface area contributed by atoms with Gasteiger partial charge in [0.15, 0.2) is 0 Å². The van der Waals surface area contributed by atoms with Crippen LogP contribution in [0.15, 0.2) is 18.2 Å². The molecule has 1 aliphatic heterocycles. The molecular formula is C16H26N4O. The van der Waals surface area contributed by atoms with Crippen molar-refractivity contribution in [2.75, 3.05) is 25.1 Å². The molecule has 1 amide bonds. The molecule has 0 bridgehead atoms. The molecule has 1 fully saturated rings. The van der Waals surface area contributed by atoms with Crippen LogP contribution in [0.5, 0.6) is 0 Å². The Labute approximate surface area is 126 Å². The zero-order valence-corrected chi connectivity index (χ0v) is 13.1. The van der Waals surface area contributed by atoms with Gasteiger partial charge >= 0.3 is 0 Å². The number of nitrogens with two attached hydrogens (primary N) is 1. The van der Waals surface area contributed by atoms with Crippen molar-refractivity contribution in [1.82, 2.24) is 10.2 Å². The van der Waals surface area contributed by atoms with E-state index in [2.05, 4.69) is 29.5 Å². The lowest BCUT2D eigenvalue weighted by molar-refractivity contribution is 0.0946. The van der Waals surface area contributed by atoms with Gasteiger partial charge in [-0.05, 0) is 63.4 Å². The van der Waals surface area contributed by atoms with Crippen LogP contribution in [0.4, 0.5) is 5.69 Å². The number of hydrogen-bond acceptors (Lipinski definition) is 4. The molecule has 1 saturated heterocycles. The molecule has 116 valence electrons. The Bertz CT molecular complexity index is 501. The van der Waals surface area contributed by atoms with Crippen molar-refractivity contribution in [3.8, 4) is 0 Å². The number of nitrogens with one attached hydrogen (secondary N) is 2. The molecule has 2 rings (SSSR count). The Morgan fingerprint density at radius 1 is 1.48 bits per heavy atom. The topological polar surface area (TPSA) is 70.4 Å². The van der Waals surface area contributed by atoms with Gasteiger partial charge in [-0.15, -0.1) is 0 Å². The van der Waals surface area contributed by atoms with E-state index >= 15 is 0 Å². The van der Waals surface area contributed by atoms with Crippen LogP contribution in [-0.4, -0.2) is 36.5 Å². The number of amides is 1. The van der Waals surface area contributed by atoms with Gasteiger partial charge in [0.25, 0.3) is 5.91 Å². The summed E-state index contributed by atoms with van der Waals surface area (Å²) >= 11 is 0. The SMILES string of the molecule is Cc1cc(NN)ccc1C(=O)NCC1CCN(C(C)C)C1. The van der Waals surface area contributed by atoms with Crippen molar-refractivity contribution >= 4 is 11.6 Å². The maximum atomic E-state index is 12.3. The number of aryl methyl sites for hydroxylation is 1. The van der Waals surface area contributed by atoms with Gasteiger partial charge in [0.2, 0.25) is 0 Å². The molecule has 1 aliphatic rings. The molecule has 21 heavy (non-hydrogen) atoms. The fourth-order valence-corrected chi connectivity index (χ4v) is 2.84. The van der Waals surface area contributed by atoms with Crippen LogP contribution < -0.4 is 16.6 Å². The highest BCUT2D eigenvalue weighted by Gasteiger charge is 2.24. The monoisotopic (exact) mass is 290 g/mol. The van der Waals surface area contributed by atoms with Gasteiger partial charge in [0, 0.05) is 30.4 Å². The van der Waals surface area contributed by atoms with Crippen molar-refractivity contribution in [1.29, 1.82) is 0 Å². The summed E-state index contributed by atoms with van der Waals surface area (Å²) < 4.78 is 0. The molecule has 4 N–H and O–H groups in total. The third-order valence-electron chi connectivity index (χ3n) is 4.24. The Hall–Kier alpha value is -1.59. The number of anilines is 1. The Balaban J connectivity index is 1.88. The quantitative estimate of drug-likeness (QED) is 0.571. The summed E-state index contributed by atoms with van der Waals surface area (Å²) in [5, 5.41) is 3.06. The van der Waals surface area contributed by atoms with Crippen molar-refractivity contribution in [3.05, 3.63) is 29.3 Å². The molecule has 0 spiro atoms. The molecule has 1 aromatic carbocycles. The largest absolute Gasteiger partial charge is 0.352 e. The van der Waals surface area contributed by atoms with Crippen LogP contribution in [0.25, 0.3) is 0 Å². The molecule has 0 aromatic heterocycles. The summed E-state index contributed by atoms with van der Waals surface area (Å²) in [4.78, 5) is 14.7. The van der Waals surface area contributed by atoms with Gasteiger partial charge in [-0.1, -0.05) is 0 Å². The van der Waals surface area contributed by atoms with E-state index in [9.17, 15) is 4.79 Å². The molecule has 1 heterocycles. The molecule has 5 nitrogen and oxygen atoms in total. The number of hydrogen-bond donors (Lipinski definition) is 3. The van der Waals surface area contributed by atoms with E-state index in [1.54, 1.807) is 0 Å². The fourth-order valence-electron chi connectivity index (χ4n) is 2.84. The summed E-state index contributed by atoms with van der Waals surface area (Å²) in [5.41, 5.74) is 5.05. The van der Waals surface area contributed by atoms with E-state index in [0.717, 1.165) is 37.3 Å². The minimum Gasteiger partial charge on any atom is -0.352 e. The number of carbonyl (C=O) groups excluding carboxylic acids is 1. The van der Waals surface area contributed by atoms with Gasteiger partial charge in [0.05, 0.1) is 0 Å². The second kappa shape index (κ2) is 6.91. The lowest BCUT2D eigenvalue weighted by Gasteiger charge is -2.20. The number of carbonyl (C=O) groups is 1. The first-order valence-corrected chi connectivity index (χ1v) is 7.60. The molecule has 1 aromatic rings. The number of hydrazine groups is 1. The smallest absolute Gasteiger partial charge is 0.251 e. The van der Waals surface area contributed by atoms with E-state index in [4.69, 9.17) is 5.84 Å². The van der Waals surface area contributed by atoms with E-state index in [0.29, 0.717) is 17.5 Å². The van der Waals surface area contributed by atoms with Crippen LogP contribution in [0.1, 0.15) is 36.2 Å². The molecule has 1 unspecified atom stereocenters. The third-order valence-corrected chi connectivity index (χ3v) is 4.24. The lowest BCUT2D eigenvalue weighted by atomic mass is 10.1. The van der Waals surface area contributed by atoms with Crippen LogP contribution in [0, 0.1) is 12.8 Å². The summed E-state index contributed by atoms with van der Waals surface area (Å²) in [6, 6.07) is 6.10. The first kappa shape index (κ1) is 15.8. The first-order valence-electron chi connectivity index (χ1n) is 7.60. The predicted molar refractivity (Wildman–Crippen MR) is 86.1 cm³/mol. The Morgan fingerprint density at radius 2 is 2.24 bits per heavy atom. The van der Waals surface area contributed by atoms with Crippen LogP contribution >= 0.6 is 0 Å². The number of benzene rings is 1. The van der Waals surface area contributed by atoms with Gasteiger partial charge < -0.3 is 15.6 Å². The zero-order valence-electron chi connectivity index (χ0n) is 13.1. The summed E-state index contributed by atoms with van der Waals surface area (Å²) in [6.07, 6.45) is 1.16. The van der Waals surface area contributed by atoms with Gasteiger partial charge in [-0.3, -0.25) is 10.6 Å². The Morgan fingerprint density at radius 3 is 2.81 bits per heavy atom. The van der Waals surface area contributed by atoms with Gasteiger partial charge in [-0.25, -0.2) is 0 Å². The zero-order chi connectivity index (χ0) is 15.4. The highest BCUT2D eigenvalue weighted by Crippen LogP contribution is 2.18. The number of rotatable bonds is 5. The van der Waals surface area contributed by atoms with Crippen molar-refractivity contribution in [2.45, 2.75) is 33.2 Å². The number of likely N-dealkylation sites (tertiary alicyclic amines) is 1. The third kappa shape index (κ3) is 3.95. The van der Waals surface area contributed by atoms with Crippen molar-refractivity contribution in [3.63, 3.8) is 0 Å². The van der Waals surface area contributed by atoms with E-state index in [1.807, 2.05) is 25.1 Å². The minimum atomic E-state index is -0.000863. The van der Waals surface area contributed by atoms with Crippen LogP contribution in [0.3, 0.4) is 0 Å². The second-order valence-corrected chi connectivity index (χ2v) is 6.13. The van der Waals surface area contributed by atoms with E-state index in [-0.39, 0.29) is 5.91 Å². The predicted octanol–water partition coefficient (Wildman–Crippen LogP) is 1.74. The average Bonchev–Trinajstić information content (AvgIpc) is 2.93. The maximum Gasteiger partial charge on any atom is 0.251 e. The molecular weight excluding hydrogens is 264 g/mol. The maximum absolute atomic E-state index is 12.3. The summed E-state index contributed by atoms with van der Waals surface area (Å²) in [6.45, 7) is 9.32. The Kier molecular flexibility index (Phi) is 5.20. The first-order chi connectivity index (χ1) is 10.0. The summed E-state index contributed by atoms with van der Waals surface area (Å²) in [5.74, 6) is 5.92. The lowest BCUT2D eigenvalue weighted by Crippen LogP contribution is -2.33. The van der Waals surface area contributed by atoms with Crippen molar-refractivity contribution < 1.29 is 4.79 Å². The van der Waals surface area contributed by atoms with Crippen molar-refractivity contribution in [2.24, 2.45) is 11.8 Å². The van der Waals surface area contributed by atoms with Crippen LogP contribution in [0.2, 0.25) is 0 Å². The molecule has 0 saturated carbocycles. The average molecular weight is 290 g/mol. The molecule has 0 radical (unpaired) electrons. The second-order valence-electron chi connectivity index (χ2n) is 6.13. The normalized spacial score (nSPS) is 19.0. The number of nitrogens with zero attached hydrogens (tertiary/aromatic N) is 1. The standard InChI is InChI=1S/C16H26N4O/c1-11(2)20-7-6-13(10-20)9-18-16(21)15-5-4-14(19-17)8-12(15)3/h4-5,8,11,13,19H,6-7,9-10,17H2,1-3H3,(H,18,21). The highest BCUT2D eigenvalue weighted by atomic mass is 16.1. The summed E-state index contributed by atoms with van der Waals surface area (Å²) in [7, 11) is 0. The highest BCUT2D eigenvalue weighted by molar-refractivity contribution is 5.96. The molecule has 5 heteroatoms. The molecule has 0 aliphatic carbocycles.